The van der Waals surface area contributed by atoms with E-state index in [1.54, 1.807) is 29.3 Å². The van der Waals surface area contributed by atoms with E-state index in [1.165, 1.54) is 11.8 Å². The molecule has 0 aromatic heterocycles. The summed E-state index contributed by atoms with van der Waals surface area (Å²) in [6, 6.07) is 24.4. The van der Waals surface area contributed by atoms with Gasteiger partial charge in [-0.05, 0) is 29.3 Å². The third-order valence-electron chi connectivity index (χ3n) is 4.93. The molecule has 148 valence electrons. The Kier molecular flexibility index (Phi) is 4.72. The van der Waals surface area contributed by atoms with Crippen molar-refractivity contribution in [1.82, 2.24) is 10.3 Å². The predicted octanol–water partition coefficient (Wildman–Crippen LogP) is 2.47. The molecule has 1 atom stereocenters. The molecule has 1 amide bonds. The van der Waals surface area contributed by atoms with E-state index in [4.69, 9.17) is 10.1 Å². The molecule has 0 aliphatic carbocycles. The minimum Gasteiger partial charge on any atom is -0.508 e. The van der Waals surface area contributed by atoms with Crippen LogP contribution in [0, 0.1) is 0 Å². The summed E-state index contributed by atoms with van der Waals surface area (Å²) in [5.41, 5.74) is 2.46. The number of hydrogen-bond acceptors (Lipinski definition) is 6. The fraction of sp³-hybridized carbons (Fsp3) is 0.0870. The maximum absolute atomic E-state index is 13.1. The van der Waals surface area contributed by atoms with Crippen LogP contribution in [0.15, 0.2) is 89.0 Å². The number of para-hydroxylation sites is 1. The lowest BCUT2D eigenvalue weighted by molar-refractivity contribution is -0.116. The van der Waals surface area contributed by atoms with Crippen LogP contribution in [0.25, 0.3) is 5.70 Å². The van der Waals surface area contributed by atoms with Gasteiger partial charge < -0.3 is 5.11 Å². The second-order valence-electron chi connectivity index (χ2n) is 6.94. The van der Waals surface area contributed by atoms with E-state index in [1.807, 2.05) is 54.6 Å². The molecule has 0 saturated heterocycles. The topological polar surface area (TPSA) is 77.3 Å². The summed E-state index contributed by atoms with van der Waals surface area (Å²) in [7, 11) is 0. The number of carbonyl (C=O) groups is 1. The van der Waals surface area contributed by atoms with Gasteiger partial charge in [0.2, 0.25) is 0 Å². The molecule has 0 bridgehead atoms. The highest BCUT2D eigenvalue weighted by Gasteiger charge is 2.34. The van der Waals surface area contributed by atoms with Crippen molar-refractivity contribution in [3.63, 3.8) is 0 Å². The molecule has 30 heavy (non-hydrogen) atoms. The van der Waals surface area contributed by atoms with Crippen molar-refractivity contribution in [3.8, 4) is 5.75 Å². The highest BCUT2D eigenvalue weighted by molar-refractivity contribution is 8.13. The first-order valence-electron chi connectivity index (χ1n) is 9.51. The number of nitrogens with one attached hydrogen (secondary N) is 1. The molecule has 7 heteroatoms. The number of amidine groups is 1. The number of phenolic OH excluding ortho intramolecular Hbond substituents is 1. The molecular weight excluding hydrogens is 396 g/mol. The first-order valence-corrected chi connectivity index (χ1v) is 10.5. The maximum atomic E-state index is 13.1. The third kappa shape index (κ3) is 3.44. The number of phenols is 1. The Labute approximate surface area is 177 Å². The van der Waals surface area contributed by atoms with Crippen LogP contribution >= 0.6 is 11.8 Å². The molecular formula is C23H18N4O2S. The molecule has 3 aromatic rings. The molecule has 2 N–H and O–H groups in total. The molecule has 2 aliphatic heterocycles. The van der Waals surface area contributed by atoms with Crippen LogP contribution in [0.4, 0.5) is 0 Å². The Hall–Kier alpha value is -3.58. The highest BCUT2D eigenvalue weighted by atomic mass is 32.2. The minimum atomic E-state index is -0.492. The number of aromatic hydroxyl groups is 1. The number of carbonyl (C=O) groups excluding carboxylic acids is 1. The van der Waals surface area contributed by atoms with Crippen LogP contribution in [0.2, 0.25) is 0 Å². The second-order valence-corrected chi connectivity index (χ2v) is 7.90. The van der Waals surface area contributed by atoms with Crippen LogP contribution in [-0.2, 0) is 10.5 Å². The Balaban J connectivity index is 1.57. The number of rotatable bonds is 3. The zero-order valence-corrected chi connectivity index (χ0v) is 16.7. The quantitative estimate of drug-likeness (QED) is 0.690. The third-order valence-corrected chi connectivity index (χ3v) is 5.86. The molecule has 0 fully saturated rings. The minimum absolute atomic E-state index is 0.179. The Bertz CT molecular complexity index is 1260. The lowest BCUT2D eigenvalue weighted by atomic mass is 10.1. The van der Waals surface area contributed by atoms with E-state index >= 15 is 0 Å². The summed E-state index contributed by atoms with van der Waals surface area (Å²) in [6.45, 7) is 0. The monoisotopic (exact) mass is 414 g/mol. The van der Waals surface area contributed by atoms with Crippen LogP contribution in [0.3, 0.4) is 0 Å². The number of hydrazone groups is 1. The molecule has 0 radical (unpaired) electrons. The molecule has 3 aromatic carbocycles. The first kappa shape index (κ1) is 18.4. The van der Waals surface area contributed by atoms with E-state index in [0.717, 1.165) is 21.7 Å². The number of amides is 1. The fourth-order valence-corrected chi connectivity index (χ4v) is 4.29. The van der Waals surface area contributed by atoms with Crippen molar-refractivity contribution in [2.24, 2.45) is 10.1 Å². The number of fused-ring (bicyclic) bond motifs is 2. The Morgan fingerprint density at radius 3 is 2.50 bits per heavy atom. The highest BCUT2D eigenvalue weighted by Crippen LogP contribution is 2.31. The van der Waals surface area contributed by atoms with Crippen molar-refractivity contribution < 1.29 is 9.90 Å². The van der Waals surface area contributed by atoms with Gasteiger partial charge in [0.25, 0.3) is 5.91 Å². The number of benzene rings is 3. The van der Waals surface area contributed by atoms with Crippen molar-refractivity contribution in [1.29, 1.82) is 0 Å². The van der Waals surface area contributed by atoms with E-state index < -0.39 is 6.17 Å². The Morgan fingerprint density at radius 2 is 1.70 bits per heavy atom. The molecule has 6 nitrogen and oxygen atoms in total. The van der Waals surface area contributed by atoms with E-state index in [9.17, 15) is 9.90 Å². The molecule has 0 saturated carbocycles. The number of nitrogens with zero attached hydrogens (tertiary/aromatic N) is 3. The lowest BCUT2D eigenvalue weighted by Crippen LogP contribution is -2.50. The van der Waals surface area contributed by atoms with Crippen LogP contribution < -0.4 is 15.9 Å². The van der Waals surface area contributed by atoms with Crippen molar-refractivity contribution in [2.75, 3.05) is 0 Å². The fourth-order valence-electron chi connectivity index (χ4n) is 3.48. The summed E-state index contributed by atoms with van der Waals surface area (Å²) < 4.78 is 0. The molecule has 2 heterocycles. The van der Waals surface area contributed by atoms with Crippen molar-refractivity contribution in [3.05, 3.63) is 101 Å². The van der Waals surface area contributed by atoms with Gasteiger partial charge in [0.05, 0.1) is 5.36 Å². The van der Waals surface area contributed by atoms with Gasteiger partial charge in [0.1, 0.15) is 11.4 Å². The van der Waals surface area contributed by atoms with E-state index in [-0.39, 0.29) is 11.7 Å². The van der Waals surface area contributed by atoms with Crippen molar-refractivity contribution >= 4 is 28.5 Å². The standard InChI is InChI=1S/C23H18N4O2S/c28-17-12-10-16(11-13-17)21-24-19-9-5-4-8-18(19)20-22(29)25-23(26-27(20)21)30-14-15-6-2-1-3-7-15/h1-13,21,28H,14H2,(H,25,26,29). The first-order chi connectivity index (χ1) is 14.7. The zero-order chi connectivity index (χ0) is 20.5. The number of thioether (sulfide) groups is 1. The summed E-state index contributed by atoms with van der Waals surface area (Å²) in [5.74, 6) is 0.672. The van der Waals surface area contributed by atoms with Gasteiger partial charge in [-0.3, -0.25) is 15.1 Å². The normalized spacial score (nSPS) is 17.4. The summed E-state index contributed by atoms with van der Waals surface area (Å²) >= 11 is 1.47. The van der Waals surface area contributed by atoms with Crippen molar-refractivity contribution in [2.45, 2.75) is 11.9 Å². The average Bonchev–Trinajstić information content (AvgIpc) is 2.78. The predicted molar refractivity (Wildman–Crippen MR) is 117 cm³/mol. The van der Waals surface area contributed by atoms with Gasteiger partial charge in [0, 0.05) is 11.0 Å². The summed E-state index contributed by atoms with van der Waals surface area (Å²) in [6.07, 6.45) is -0.492. The van der Waals surface area contributed by atoms with E-state index in [2.05, 4.69) is 5.32 Å². The lowest BCUT2D eigenvalue weighted by Gasteiger charge is -2.34. The van der Waals surface area contributed by atoms with Gasteiger partial charge in [-0.2, -0.15) is 0 Å². The number of hydrogen-bond donors (Lipinski definition) is 2. The Morgan fingerprint density at radius 1 is 0.967 bits per heavy atom. The second kappa shape index (κ2) is 7.68. The zero-order valence-electron chi connectivity index (χ0n) is 15.9. The smallest absolute Gasteiger partial charge is 0.276 e. The largest absolute Gasteiger partial charge is 0.508 e. The summed E-state index contributed by atoms with van der Waals surface area (Å²) in [5, 5.41) is 21.0. The van der Waals surface area contributed by atoms with Crippen LogP contribution in [0.1, 0.15) is 17.3 Å². The van der Waals surface area contributed by atoms with Gasteiger partial charge in [0.15, 0.2) is 11.3 Å². The van der Waals surface area contributed by atoms with Gasteiger partial charge in [-0.25, -0.2) is 5.01 Å². The molecule has 0 spiro atoms. The van der Waals surface area contributed by atoms with Gasteiger partial charge in [-0.15, -0.1) is 5.10 Å². The molecule has 1 unspecified atom stereocenters. The average molecular weight is 414 g/mol. The summed E-state index contributed by atoms with van der Waals surface area (Å²) in [4.78, 5) is 17.9. The van der Waals surface area contributed by atoms with E-state index in [0.29, 0.717) is 16.6 Å². The SMILES string of the molecule is O=C1NC(SCc2ccccc2)=NN2C1=c1ccccc1=NC2c1ccc(O)cc1. The maximum Gasteiger partial charge on any atom is 0.276 e. The molecule has 2 aliphatic rings. The van der Waals surface area contributed by atoms with Crippen LogP contribution in [0.5, 0.6) is 5.75 Å². The van der Waals surface area contributed by atoms with Gasteiger partial charge in [-0.1, -0.05) is 72.4 Å². The van der Waals surface area contributed by atoms with Gasteiger partial charge >= 0.3 is 0 Å². The molecule has 5 rings (SSSR count). The van der Waals surface area contributed by atoms with Crippen LogP contribution in [-0.4, -0.2) is 21.2 Å².